The van der Waals surface area contributed by atoms with Crippen molar-refractivity contribution in [3.05, 3.63) is 27.8 Å². The molecule has 0 amide bonds. The average Bonchev–Trinajstić information content (AvgIpc) is 3.58. The van der Waals surface area contributed by atoms with E-state index in [1.54, 1.807) is 46.9 Å². The topological polar surface area (TPSA) is 142 Å². The molecule has 13 nitrogen and oxygen atoms in total. The van der Waals surface area contributed by atoms with Crippen molar-refractivity contribution < 1.29 is 56.5 Å². The van der Waals surface area contributed by atoms with E-state index in [0.29, 0.717) is 36.0 Å². The number of halogens is 2. The first kappa shape index (κ1) is 32.8. The number of hydrogen-bond donors (Lipinski definition) is 1. The van der Waals surface area contributed by atoms with Gasteiger partial charge in [-0.05, 0) is 55.8 Å². The molecule has 44 heavy (non-hydrogen) atoms. The zero-order valence-electron chi connectivity index (χ0n) is 25.1. The van der Waals surface area contributed by atoms with Crippen LogP contribution in [0.3, 0.4) is 0 Å². The van der Waals surface area contributed by atoms with Gasteiger partial charge in [-0.2, -0.15) is 0 Å². The van der Waals surface area contributed by atoms with Crippen molar-refractivity contribution in [3.63, 3.8) is 0 Å². The summed E-state index contributed by atoms with van der Waals surface area (Å²) in [6.07, 6.45) is -3.14. The summed E-state index contributed by atoms with van der Waals surface area (Å²) in [4.78, 5) is 23.5. The van der Waals surface area contributed by atoms with E-state index in [-0.39, 0.29) is 22.1 Å². The molecule has 3 unspecified atom stereocenters. The highest BCUT2D eigenvalue weighted by Crippen LogP contribution is 2.55. The second kappa shape index (κ2) is 11.5. The van der Waals surface area contributed by atoms with Crippen molar-refractivity contribution in [2.75, 3.05) is 20.3 Å². The van der Waals surface area contributed by atoms with Crippen LogP contribution < -0.4 is 4.52 Å². The average molecular weight is 725 g/mol. The normalized spacial score (nSPS) is 33.5. The van der Waals surface area contributed by atoms with Gasteiger partial charge < -0.3 is 37.7 Å². The Kier molecular flexibility index (Phi) is 8.60. The van der Waals surface area contributed by atoms with E-state index in [9.17, 15) is 14.3 Å². The number of hydrogen-bond acceptors (Lipinski definition) is 11. The first-order valence-electron chi connectivity index (χ1n) is 14.3. The second-order valence-electron chi connectivity index (χ2n) is 12.2. The number of nitrogens with zero attached hydrogens (tertiary/aromatic N) is 1. The van der Waals surface area contributed by atoms with Gasteiger partial charge in [-0.25, -0.2) is 4.57 Å². The van der Waals surface area contributed by atoms with Crippen molar-refractivity contribution in [1.29, 1.82) is 0 Å². The molecule has 1 saturated carbocycles. The summed E-state index contributed by atoms with van der Waals surface area (Å²) in [5, 5.41) is 0.450. The van der Waals surface area contributed by atoms with Crippen LogP contribution >= 0.6 is 35.4 Å². The lowest BCUT2D eigenvalue weighted by molar-refractivity contribution is -0.313. The molecule has 0 bridgehead atoms. The van der Waals surface area contributed by atoms with E-state index in [1.165, 1.54) is 17.7 Å². The molecule has 1 aromatic heterocycles. The molecule has 1 aliphatic carbocycles. The Labute approximate surface area is 268 Å². The molecule has 4 aliphatic rings. The minimum absolute atomic E-state index is 0.119. The van der Waals surface area contributed by atoms with Crippen LogP contribution in [0, 0.1) is 0 Å². The number of ether oxygens (including phenoxy) is 7. The number of methoxy groups -OCH3 is 1. The van der Waals surface area contributed by atoms with E-state index in [1.807, 2.05) is 0 Å². The number of phosphoric ester groups is 1. The lowest BCUT2D eigenvalue weighted by atomic mass is 9.84. The number of aromatic nitrogens is 1. The Morgan fingerprint density at radius 3 is 2.09 bits per heavy atom. The fourth-order valence-electron chi connectivity index (χ4n) is 6.44. The van der Waals surface area contributed by atoms with Crippen LogP contribution in [-0.2, 0) is 42.2 Å². The van der Waals surface area contributed by atoms with Gasteiger partial charge in [0.15, 0.2) is 23.1 Å². The van der Waals surface area contributed by atoms with E-state index < -0.39 is 61.8 Å². The van der Waals surface area contributed by atoms with Gasteiger partial charge in [0.1, 0.15) is 36.6 Å². The van der Waals surface area contributed by atoms with E-state index >= 15 is 0 Å². The SMILES string of the molecule is COC1(OC2[C@H]3OC(C)(C)O[C@@H]3C(OP(=O)(O)Oc3cn(C(C)=O)c4ccc(Br)c(Cl)c34)[C@H]3OC(C)(C)O[C@@H]23)CCOCC1. The minimum atomic E-state index is -4.95. The molecule has 3 saturated heterocycles. The van der Waals surface area contributed by atoms with Gasteiger partial charge >= 0.3 is 7.82 Å². The summed E-state index contributed by atoms with van der Waals surface area (Å²) in [7, 11) is -3.37. The molecule has 4 heterocycles. The number of phosphoric acid groups is 1. The van der Waals surface area contributed by atoms with Crippen LogP contribution in [0.1, 0.15) is 52.3 Å². The van der Waals surface area contributed by atoms with Crippen LogP contribution in [0.4, 0.5) is 0 Å². The van der Waals surface area contributed by atoms with Crippen molar-refractivity contribution >= 4 is 52.2 Å². The molecule has 16 heteroatoms. The lowest BCUT2D eigenvalue weighted by Crippen LogP contribution is -2.64. The van der Waals surface area contributed by atoms with Crippen molar-refractivity contribution in [2.45, 2.75) is 101 Å². The third-order valence-electron chi connectivity index (χ3n) is 8.23. The highest BCUT2D eigenvalue weighted by Gasteiger charge is 2.66. The van der Waals surface area contributed by atoms with Gasteiger partial charge in [0.25, 0.3) is 0 Å². The Balaban J connectivity index is 1.34. The van der Waals surface area contributed by atoms with Gasteiger partial charge in [-0.15, -0.1) is 0 Å². The minimum Gasteiger partial charge on any atom is -0.402 e. The summed E-state index contributed by atoms with van der Waals surface area (Å²) in [6, 6.07) is 3.30. The summed E-state index contributed by atoms with van der Waals surface area (Å²) in [5.74, 6) is -3.63. The van der Waals surface area contributed by atoms with Gasteiger partial charge in [-0.1, -0.05) is 11.6 Å². The third-order valence-corrected chi connectivity index (χ3v) is 10.5. The molecule has 6 rings (SSSR count). The second-order valence-corrected chi connectivity index (χ2v) is 14.8. The molecule has 0 spiro atoms. The maximum atomic E-state index is 13.8. The van der Waals surface area contributed by atoms with Crippen LogP contribution in [0.15, 0.2) is 22.8 Å². The zero-order valence-corrected chi connectivity index (χ0v) is 28.3. The quantitative estimate of drug-likeness (QED) is 0.297. The highest BCUT2D eigenvalue weighted by molar-refractivity contribution is 9.10. The zero-order chi connectivity index (χ0) is 31.8. The number of carbonyl (C=O) groups excluding carboxylic acids is 1. The summed E-state index contributed by atoms with van der Waals surface area (Å²) >= 11 is 9.88. The van der Waals surface area contributed by atoms with Crippen molar-refractivity contribution in [3.8, 4) is 5.75 Å². The number of benzene rings is 1. The molecule has 4 fully saturated rings. The molecule has 244 valence electrons. The number of rotatable bonds is 7. The molecule has 3 aliphatic heterocycles. The number of fused-ring (bicyclic) bond motifs is 3. The smallest absolute Gasteiger partial charge is 0.402 e. The Morgan fingerprint density at radius 2 is 1.57 bits per heavy atom. The molecule has 1 N–H and O–H groups in total. The van der Waals surface area contributed by atoms with Gasteiger partial charge in [0.2, 0.25) is 5.91 Å². The van der Waals surface area contributed by atoms with E-state index in [2.05, 4.69) is 15.9 Å². The molecule has 1 aromatic carbocycles. The predicted octanol–water partition coefficient (Wildman–Crippen LogP) is 5.17. The largest absolute Gasteiger partial charge is 0.527 e. The van der Waals surface area contributed by atoms with Gasteiger partial charge in [0, 0.05) is 31.3 Å². The summed E-state index contributed by atoms with van der Waals surface area (Å²) < 4.78 is 70.3. The standard InChI is InChI=1S/C28H36BrClNO12P/c1-14(32)31-13-17(18-16(31)8-7-15(29)19(18)30)42-44(33,34)43-25-23-20(37-26(2,3)39-23)22(21-24(25)40-27(4,5)38-21)41-28(35-6)9-11-36-12-10-28/h7-8,13,20-25H,9-12H2,1-6H3,(H,33,34)/t20-,21+,22?,23-,24-,25?/m0/s1. The Morgan fingerprint density at radius 1 is 1.02 bits per heavy atom. The van der Waals surface area contributed by atoms with Crippen molar-refractivity contribution in [1.82, 2.24) is 4.57 Å². The van der Waals surface area contributed by atoms with Crippen LogP contribution in [0.5, 0.6) is 5.75 Å². The highest BCUT2D eigenvalue weighted by atomic mass is 79.9. The lowest BCUT2D eigenvalue weighted by Gasteiger charge is -2.46. The van der Waals surface area contributed by atoms with Gasteiger partial charge in [0.05, 0.1) is 35.3 Å². The van der Waals surface area contributed by atoms with Crippen LogP contribution in [0.25, 0.3) is 10.9 Å². The third kappa shape index (κ3) is 6.02. The molecule has 7 atom stereocenters. The first-order chi connectivity index (χ1) is 20.5. The predicted molar refractivity (Wildman–Crippen MR) is 159 cm³/mol. The monoisotopic (exact) mass is 723 g/mol. The summed E-state index contributed by atoms with van der Waals surface area (Å²) in [5.41, 5.74) is 0.391. The maximum absolute atomic E-state index is 13.8. The van der Waals surface area contributed by atoms with Crippen molar-refractivity contribution in [2.24, 2.45) is 0 Å². The maximum Gasteiger partial charge on any atom is 0.527 e. The molecule has 2 aromatic rings. The van der Waals surface area contributed by atoms with E-state index in [0.717, 1.165) is 0 Å². The van der Waals surface area contributed by atoms with Crippen LogP contribution in [-0.4, -0.2) is 89.7 Å². The first-order valence-corrected chi connectivity index (χ1v) is 16.9. The van der Waals surface area contributed by atoms with Crippen LogP contribution in [0.2, 0.25) is 5.02 Å². The molecule has 0 radical (unpaired) electrons. The Bertz CT molecular complexity index is 1460. The van der Waals surface area contributed by atoms with Gasteiger partial charge in [-0.3, -0.25) is 18.8 Å². The molecular formula is C28H36BrClNO12P. The fraction of sp³-hybridized carbons (Fsp3) is 0.679. The molecular weight excluding hydrogens is 689 g/mol. The number of carbonyl (C=O) groups is 1. The summed E-state index contributed by atoms with van der Waals surface area (Å²) in [6.45, 7) is 9.17. The fourth-order valence-corrected chi connectivity index (χ4v) is 8.00. The van der Waals surface area contributed by atoms with E-state index in [4.69, 9.17) is 53.8 Å². The Hall–Kier alpha value is -1.13.